The van der Waals surface area contributed by atoms with Crippen LogP contribution in [0, 0.1) is 5.41 Å². The van der Waals surface area contributed by atoms with E-state index in [9.17, 15) is 13.5 Å². The first-order valence-corrected chi connectivity index (χ1v) is 7.59. The number of aliphatic hydroxyl groups excluding tert-OH is 1. The smallest absolute Gasteiger partial charge is 0.243 e. The van der Waals surface area contributed by atoms with Gasteiger partial charge in [-0.25, -0.2) is 8.42 Å². The highest BCUT2D eigenvalue weighted by molar-refractivity contribution is 7.89. The summed E-state index contributed by atoms with van der Waals surface area (Å²) >= 11 is 0. The molecule has 1 aliphatic heterocycles. The molecule has 2 rings (SSSR count). The van der Waals surface area contributed by atoms with Crippen molar-refractivity contribution in [2.24, 2.45) is 5.73 Å². The van der Waals surface area contributed by atoms with Crippen LogP contribution < -0.4 is 10.5 Å². The predicted molar refractivity (Wildman–Crippen MR) is 73.4 cm³/mol. The number of nitrogens with two attached hydrogens (primary N) is 1. The molecule has 1 saturated heterocycles. The van der Waals surface area contributed by atoms with Gasteiger partial charge in [-0.3, -0.25) is 5.41 Å². The Bertz CT molecular complexity index is 624. The number of sulfonamides is 1. The Hall–Kier alpha value is -1.64. The Morgan fingerprint density at radius 2 is 2.20 bits per heavy atom. The van der Waals surface area contributed by atoms with Crippen LogP contribution in [0.4, 0.5) is 0 Å². The van der Waals surface area contributed by atoms with Crippen molar-refractivity contribution in [3.8, 4) is 5.75 Å². The van der Waals surface area contributed by atoms with Gasteiger partial charge in [0.05, 0.1) is 23.2 Å². The average molecular weight is 299 g/mol. The molecule has 0 saturated carbocycles. The van der Waals surface area contributed by atoms with Crippen LogP contribution in [0.5, 0.6) is 5.75 Å². The maximum Gasteiger partial charge on any atom is 0.243 e. The van der Waals surface area contributed by atoms with Crippen LogP contribution in [0.15, 0.2) is 23.1 Å². The van der Waals surface area contributed by atoms with Gasteiger partial charge in [0.25, 0.3) is 0 Å². The summed E-state index contributed by atoms with van der Waals surface area (Å²) in [6.45, 7) is 2.36. The summed E-state index contributed by atoms with van der Waals surface area (Å²) in [5.41, 5.74) is 5.70. The number of amidine groups is 1. The fraction of sp³-hybridized carbons (Fsp3) is 0.417. The maximum atomic E-state index is 12.3. The zero-order valence-electron chi connectivity index (χ0n) is 11.0. The van der Waals surface area contributed by atoms with Gasteiger partial charge < -0.3 is 15.6 Å². The van der Waals surface area contributed by atoms with Crippen LogP contribution in [0.2, 0.25) is 0 Å². The minimum atomic E-state index is -3.66. The third-order valence-electron chi connectivity index (χ3n) is 3.01. The van der Waals surface area contributed by atoms with E-state index in [1.807, 2.05) is 0 Å². The lowest BCUT2D eigenvalue weighted by Gasteiger charge is -2.34. The summed E-state index contributed by atoms with van der Waals surface area (Å²) < 4.78 is 31.0. The molecule has 0 aromatic heterocycles. The minimum absolute atomic E-state index is 0.0399. The molecule has 0 unspecified atom stereocenters. The largest absolute Gasteiger partial charge is 0.493 e. The first-order chi connectivity index (χ1) is 9.36. The summed E-state index contributed by atoms with van der Waals surface area (Å²) in [4.78, 5) is 0.0399. The van der Waals surface area contributed by atoms with Gasteiger partial charge in [-0.05, 0) is 25.1 Å². The Balaban J connectivity index is 2.38. The Morgan fingerprint density at radius 1 is 1.55 bits per heavy atom. The van der Waals surface area contributed by atoms with Crippen molar-refractivity contribution in [3.63, 3.8) is 0 Å². The number of benzene rings is 1. The molecule has 1 heterocycles. The molecule has 0 bridgehead atoms. The van der Waals surface area contributed by atoms with E-state index in [0.29, 0.717) is 12.4 Å². The lowest BCUT2D eigenvalue weighted by atomic mass is 10.2. The number of nitrogens with one attached hydrogen (secondary N) is 1. The first kappa shape index (κ1) is 14.8. The van der Waals surface area contributed by atoms with Gasteiger partial charge in [0.15, 0.2) is 0 Å². The van der Waals surface area contributed by atoms with Crippen LogP contribution in [0.3, 0.4) is 0 Å². The molecule has 8 heteroatoms. The van der Waals surface area contributed by atoms with Crippen molar-refractivity contribution in [1.82, 2.24) is 4.31 Å². The molecule has 1 aromatic rings. The third-order valence-corrected chi connectivity index (χ3v) is 4.84. The lowest BCUT2D eigenvalue weighted by Crippen LogP contribution is -2.53. The number of nitrogen functional groups attached to an aromatic ring is 1. The molecule has 110 valence electrons. The van der Waals surface area contributed by atoms with Gasteiger partial charge in [0.2, 0.25) is 10.0 Å². The topological polar surface area (TPSA) is 117 Å². The van der Waals surface area contributed by atoms with Crippen LogP contribution in [-0.2, 0) is 10.0 Å². The fourth-order valence-corrected chi connectivity index (χ4v) is 3.46. The molecule has 0 spiro atoms. The van der Waals surface area contributed by atoms with Crippen LogP contribution >= 0.6 is 0 Å². The van der Waals surface area contributed by atoms with Crippen LogP contribution in [-0.4, -0.2) is 49.5 Å². The fourth-order valence-electron chi connectivity index (χ4n) is 1.92. The molecule has 1 fully saturated rings. The van der Waals surface area contributed by atoms with Crippen molar-refractivity contribution in [1.29, 1.82) is 5.41 Å². The standard InChI is InChI=1S/C12H17N3O4S/c1-2-19-11-4-3-9(5-10(11)12(13)14)20(17,18)15-6-8(16)7-15/h3-5,8,16H,2,6-7H2,1H3,(H3,13,14). The molecule has 1 aromatic carbocycles. The van der Waals surface area contributed by atoms with E-state index in [4.69, 9.17) is 15.9 Å². The highest BCUT2D eigenvalue weighted by atomic mass is 32.2. The summed E-state index contributed by atoms with van der Waals surface area (Å²) in [7, 11) is -3.66. The summed E-state index contributed by atoms with van der Waals surface area (Å²) in [5, 5.41) is 16.7. The average Bonchev–Trinajstić information content (AvgIpc) is 2.35. The number of rotatable bonds is 5. The summed E-state index contributed by atoms with van der Waals surface area (Å²) in [6.07, 6.45) is -0.611. The second-order valence-corrected chi connectivity index (χ2v) is 6.42. The number of aliphatic hydroxyl groups is 1. The SMILES string of the molecule is CCOc1ccc(S(=O)(=O)N2CC(O)C2)cc1C(=N)N. The van der Waals surface area contributed by atoms with Crippen LogP contribution in [0.25, 0.3) is 0 Å². The Labute approximate surface area is 117 Å². The zero-order valence-corrected chi connectivity index (χ0v) is 11.9. The Kier molecular flexibility index (Phi) is 3.98. The van der Waals surface area contributed by atoms with Crippen molar-refractivity contribution in [2.75, 3.05) is 19.7 Å². The molecule has 1 aliphatic rings. The first-order valence-electron chi connectivity index (χ1n) is 6.15. The number of nitrogens with zero attached hydrogens (tertiary/aromatic N) is 1. The van der Waals surface area contributed by atoms with E-state index in [1.165, 1.54) is 22.5 Å². The second kappa shape index (κ2) is 5.39. The number of β-amino-alcohol motifs (C(OH)–C–C–N with tert-alkyl or cyclic N) is 1. The molecule has 20 heavy (non-hydrogen) atoms. The van der Waals surface area contributed by atoms with Crippen LogP contribution in [0.1, 0.15) is 12.5 Å². The van der Waals surface area contributed by atoms with E-state index in [-0.39, 0.29) is 29.4 Å². The monoisotopic (exact) mass is 299 g/mol. The highest BCUT2D eigenvalue weighted by Crippen LogP contribution is 2.26. The maximum absolute atomic E-state index is 12.3. The molecule has 7 nitrogen and oxygen atoms in total. The molecule has 0 amide bonds. The van der Waals surface area contributed by atoms with Gasteiger partial charge in [-0.2, -0.15) is 4.31 Å². The highest BCUT2D eigenvalue weighted by Gasteiger charge is 2.35. The normalized spacial score (nSPS) is 16.7. The van der Waals surface area contributed by atoms with Gasteiger partial charge in [-0.1, -0.05) is 0 Å². The van der Waals surface area contributed by atoms with Gasteiger partial charge in [0, 0.05) is 13.1 Å². The molecular formula is C12H17N3O4S. The predicted octanol–water partition coefficient (Wildman–Crippen LogP) is -0.265. The third kappa shape index (κ3) is 2.62. The zero-order chi connectivity index (χ0) is 14.9. The van der Waals surface area contributed by atoms with Gasteiger partial charge in [-0.15, -0.1) is 0 Å². The van der Waals surface area contributed by atoms with Gasteiger partial charge >= 0.3 is 0 Å². The molecule has 0 aliphatic carbocycles. The number of hydrogen-bond donors (Lipinski definition) is 3. The number of ether oxygens (including phenoxy) is 1. The lowest BCUT2D eigenvalue weighted by molar-refractivity contribution is 0.0548. The molecular weight excluding hydrogens is 282 g/mol. The van der Waals surface area contributed by atoms with E-state index in [2.05, 4.69) is 0 Å². The van der Waals surface area contributed by atoms with Crippen molar-refractivity contribution < 1.29 is 18.3 Å². The van der Waals surface area contributed by atoms with Crippen molar-refractivity contribution in [3.05, 3.63) is 23.8 Å². The van der Waals surface area contributed by atoms with E-state index >= 15 is 0 Å². The molecule has 0 atom stereocenters. The Morgan fingerprint density at radius 3 is 2.70 bits per heavy atom. The van der Waals surface area contributed by atoms with E-state index < -0.39 is 16.1 Å². The number of hydrogen-bond acceptors (Lipinski definition) is 5. The van der Waals surface area contributed by atoms with E-state index in [0.717, 1.165) is 0 Å². The molecule has 4 N–H and O–H groups in total. The summed E-state index contributed by atoms with van der Waals surface area (Å²) in [5.74, 6) is 0.122. The second-order valence-electron chi connectivity index (χ2n) is 4.48. The van der Waals surface area contributed by atoms with Gasteiger partial charge in [0.1, 0.15) is 11.6 Å². The van der Waals surface area contributed by atoms with Crippen molar-refractivity contribution in [2.45, 2.75) is 17.9 Å². The summed E-state index contributed by atoms with van der Waals surface area (Å²) in [6, 6.07) is 4.23. The van der Waals surface area contributed by atoms with Crippen molar-refractivity contribution >= 4 is 15.9 Å². The van der Waals surface area contributed by atoms with E-state index in [1.54, 1.807) is 6.92 Å². The molecule has 0 radical (unpaired) electrons. The minimum Gasteiger partial charge on any atom is -0.493 e. The quantitative estimate of drug-likeness (QED) is 0.511.